The number of piperazine rings is 1. The fourth-order valence-electron chi connectivity index (χ4n) is 4.09. The van der Waals surface area contributed by atoms with Crippen LogP contribution >= 0.6 is 15.9 Å². The first-order chi connectivity index (χ1) is 13.6. The van der Waals surface area contributed by atoms with E-state index in [1.807, 2.05) is 12.1 Å². The number of rotatable bonds is 4. The Morgan fingerprint density at radius 3 is 2.54 bits per heavy atom. The topological polar surface area (TPSA) is 52.6 Å². The normalized spacial score (nSPS) is 19.7. The van der Waals surface area contributed by atoms with E-state index in [0.29, 0.717) is 17.3 Å². The fraction of sp³-hybridized carbons (Fsp3) is 0.476. The minimum absolute atomic E-state index is 0.0967. The molecule has 0 radical (unpaired) electrons. The average molecular weight is 444 g/mol. The third-order valence-corrected chi connectivity index (χ3v) is 6.21. The lowest BCUT2D eigenvalue weighted by Crippen LogP contribution is -2.53. The minimum atomic E-state index is -0.0967. The summed E-state index contributed by atoms with van der Waals surface area (Å²) in [5.74, 6) is 0.789. The standard InChI is InChI=1S/C21H26BrN5O/c1-25-7-5-18(6-8-25)26-9-11-27(12-10-26)20-4-2-3-19(24-20)21(28)16-13-17(22)15-23-14-16/h2-4,13-15,18H,5-12H2,1H3. The van der Waals surface area contributed by atoms with Crippen molar-refractivity contribution < 1.29 is 4.79 Å². The van der Waals surface area contributed by atoms with Crippen LogP contribution in [0.15, 0.2) is 41.1 Å². The van der Waals surface area contributed by atoms with Crippen LogP contribution in [-0.2, 0) is 0 Å². The first-order valence-electron chi connectivity index (χ1n) is 9.90. The molecule has 0 unspecified atom stereocenters. The fourth-order valence-corrected chi connectivity index (χ4v) is 4.45. The highest BCUT2D eigenvalue weighted by atomic mass is 79.9. The smallest absolute Gasteiger partial charge is 0.213 e. The van der Waals surface area contributed by atoms with E-state index < -0.39 is 0 Å². The summed E-state index contributed by atoms with van der Waals surface area (Å²) >= 11 is 3.37. The summed E-state index contributed by atoms with van der Waals surface area (Å²) in [6.45, 7) is 6.42. The number of carbonyl (C=O) groups excluding carboxylic acids is 1. The van der Waals surface area contributed by atoms with E-state index >= 15 is 0 Å². The molecule has 0 atom stereocenters. The van der Waals surface area contributed by atoms with Gasteiger partial charge in [-0.15, -0.1) is 0 Å². The predicted molar refractivity (Wildman–Crippen MR) is 114 cm³/mol. The van der Waals surface area contributed by atoms with Gasteiger partial charge < -0.3 is 9.80 Å². The third-order valence-electron chi connectivity index (χ3n) is 5.78. The van der Waals surface area contributed by atoms with Crippen molar-refractivity contribution >= 4 is 27.5 Å². The van der Waals surface area contributed by atoms with Gasteiger partial charge in [0.1, 0.15) is 11.5 Å². The van der Waals surface area contributed by atoms with E-state index in [0.717, 1.165) is 36.5 Å². The molecule has 4 heterocycles. The Balaban J connectivity index is 1.41. The van der Waals surface area contributed by atoms with Crippen molar-refractivity contribution in [1.29, 1.82) is 0 Å². The van der Waals surface area contributed by atoms with Crippen molar-refractivity contribution in [3.63, 3.8) is 0 Å². The molecule has 28 heavy (non-hydrogen) atoms. The highest BCUT2D eigenvalue weighted by Gasteiger charge is 2.27. The molecule has 0 aromatic carbocycles. The molecule has 2 aromatic heterocycles. The Kier molecular flexibility index (Phi) is 6.04. The minimum Gasteiger partial charge on any atom is -0.354 e. The highest BCUT2D eigenvalue weighted by Crippen LogP contribution is 2.21. The average Bonchev–Trinajstić information content (AvgIpc) is 2.74. The molecule has 0 N–H and O–H groups in total. The van der Waals surface area contributed by atoms with Crippen molar-refractivity contribution in [2.45, 2.75) is 18.9 Å². The van der Waals surface area contributed by atoms with E-state index in [4.69, 9.17) is 0 Å². The van der Waals surface area contributed by atoms with Crippen molar-refractivity contribution in [3.05, 3.63) is 52.4 Å². The van der Waals surface area contributed by atoms with Crippen LogP contribution in [0.2, 0.25) is 0 Å². The number of aromatic nitrogens is 2. The molecule has 2 fully saturated rings. The van der Waals surface area contributed by atoms with Crippen molar-refractivity contribution in [1.82, 2.24) is 19.8 Å². The number of hydrogen-bond donors (Lipinski definition) is 0. The molecule has 148 valence electrons. The number of likely N-dealkylation sites (tertiary alicyclic amines) is 1. The maximum Gasteiger partial charge on any atom is 0.213 e. The zero-order valence-corrected chi connectivity index (χ0v) is 17.8. The third kappa shape index (κ3) is 4.42. The van der Waals surface area contributed by atoms with Crippen LogP contribution in [0.1, 0.15) is 28.9 Å². The number of anilines is 1. The number of ketones is 1. The number of piperidine rings is 1. The maximum absolute atomic E-state index is 12.8. The van der Waals surface area contributed by atoms with Gasteiger partial charge in [-0.05, 0) is 67.1 Å². The molecule has 2 aliphatic rings. The van der Waals surface area contributed by atoms with E-state index in [1.54, 1.807) is 24.5 Å². The Bertz CT molecular complexity index is 829. The Hall–Kier alpha value is -1.83. The van der Waals surface area contributed by atoms with Gasteiger partial charge in [0.2, 0.25) is 5.78 Å². The summed E-state index contributed by atoms with van der Waals surface area (Å²) in [6.07, 6.45) is 5.78. The van der Waals surface area contributed by atoms with Crippen LogP contribution in [-0.4, -0.2) is 77.9 Å². The molecule has 0 bridgehead atoms. The molecule has 0 aliphatic carbocycles. The van der Waals surface area contributed by atoms with Gasteiger partial charge in [-0.2, -0.15) is 0 Å². The molecule has 2 aliphatic heterocycles. The first-order valence-corrected chi connectivity index (χ1v) is 10.7. The van der Waals surface area contributed by atoms with Crippen LogP contribution in [0.4, 0.5) is 5.82 Å². The molecule has 6 nitrogen and oxygen atoms in total. The van der Waals surface area contributed by atoms with Gasteiger partial charge >= 0.3 is 0 Å². The molecule has 2 aromatic rings. The van der Waals surface area contributed by atoms with Gasteiger partial charge in [0.25, 0.3) is 0 Å². The summed E-state index contributed by atoms with van der Waals surface area (Å²) in [4.78, 5) is 28.8. The monoisotopic (exact) mass is 443 g/mol. The van der Waals surface area contributed by atoms with Crippen molar-refractivity contribution in [3.8, 4) is 0 Å². The summed E-state index contributed by atoms with van der Waals surface area (Å²) in [6, 6.07) is 8.19. The first kappa shape index (κ1) is 19.5. The summed E-state index contributed by atoms with van der Waals surface area (Å²) in [7, 11) is 2.21. The Morgan fingerprint density at radius 1 is 1.07 bits per heavy atom. The van der Waals surface area contributed by atoms with Crippen molar-refractivity contribution in [2.75, 3.05) is 51.2 Å². The molecule has 7 heteroatoms. The zero-order valence-electron chi connectivity index (χ0n) is 16.2. The second-order valence-corrected chi connectivity index (χ2v) is 8.58. The predicted octanol–water partition coefficient (Wildman–Crippen LogP) is 2.69. The van der Waals surface area contributed by atoms with Gasteiger partial charge in [0.05, 0.1) is 0 Å². The van der Waals surface area contributed by atoms with Crippen LogP contribution in [0.5, 0.6) is 0 Å². The molecule has 2 saturated heterocycles. The molecule has 0 amide bonds. The lowest BCUT2D eigenvalue weighted by atomic mass is 10.0. The molecule has 4 rings (SSSR count). The SMILES string of the molecule is CN1CCC(N2CCN(c3cccc(C(=O)c4cncc(Br)c4)n3)CC2)CC1. The van der Waals surface area contributed by atoms with Gasteiger partial charge in [-0.25, -0.2) is 4.98 Å². The number of hydrogen-bond acceptors (Lipinski definition) is 6. The van der Waals surface area contributed by atoms with Crippen LogP contribution in [0.25, 0.3) is 0 Å². The van der Waals surface area contributed by atoms with Crippen LogP contribution in [0, 0.1) is 0 Å². The lowest BCUT2D eigenvalue weighted by molar-refractivity contribution is 0.103. The van der Waals surface area contributed by atoms with Gasteiger partial charge in [-0.1, -0.05) is 6.07 Å². The van der Waals surface area contributed by atoms with E-state index in [-0.39, 0.29) is 5.78 Å². The van der Waals surface area contributed by atoms with Crippen molar-refractivity contribution in [2.24, 2.45) is 0 Å². The Labute approximate surface area is 174 Å². The maximum atomic E-state index is 12.8. The zero-order chi connectivity index (χ0) is 19.5. The van der Waals surface area contributed by atoms with Gasteiger partial charge in [-0.3, -0.25) is 14.7 Å². The largest absolute Gasteiger partial charge is 0.354 e. The van der Waals surface area contributed by atoms with Crippen LogP contribution < -0.4 is 4.90 Å². The molecule has 0 saturated carbocycles. The highest BCUT2D eigenvalue weighted by molar-refractivity contribution is 9.10. The lowest BCUT2D eigenvalue weighted by Gasteiger charge is -2.42. The second kappa shape index (κ2) is 8.68. The quantitative estimate of drug-likeness (QED) is 0.677. The number of carbonyl (C=O) groups is 1. The van der Waals surface area contributed by atoms with Gasteiger partial charge in [0.15, 0.2) is 0 Å². The number of nitrogens with zero attached hydrogens (tertiary/aromatic N) is 5. The number of pyridine rings is 2. The second-order valence-electron chi connectivity index (χ2n) is 7.66. The van der Waals surface area contributed by atoms with E-state index in [1.165, 1.54) is 25.9 Å². The summed E-state index contributed by atoms with van der Waals surface area (Å²) in [5.41, 5.74) is 1.02. The number of halogens is 1. The molecular formula is C21H26BrN5O. The summed E-state index contributed by atoms with van der Waals surface area (Å²) < 4.78 is 0.791. The van der Waals surface area contributed by atoms with Gasteiger partial charge in [0, 0.05) is 54.7 Å². The van der Waals surface area contributed by atoms with Crippen LogP contribution in [0.3, 0.4) is 0 Å². The summed E-state index contributed by atoms with van der Waals surface area (Å²) in [5, 5.41) is 0. The molecule has 0 spiro atoms. The van der Waals surface area contributed by atoms with E-state index in [2.05, 4.69) is 47.6 Å². The van der Waals surface area contributed by atoms with E-state index in [9.17, 15) is 4.79 Å². The molecular weight excluding hydrogens is 418 g/mol. The Morgan fingerprint density at radius 2 is 1.82 bits per heavy atom.